The Hall–Kier alpha value is -2.08. The van der Waals surface area contributed by atoms with Crippen LogP contribution in [0.25, 0.3) is 0 Å². The van der Waals surface area contributed by atoms with E-state index in [4.69, 9.17) is 0 Å². The molecule has 0 atom stereocenters. The van der Waals surface area contributed by atoms with Crippen LogP contribution < -0.4 is 16.0 Å². The number of hydrogen-bond acceptors (Lipinski definition) is 3. The predicted octanol–water partition coefficient (Wildman–Crippen LogP) is 1.98. The summed E-state index contributed by atoms with van der Waals surface area (Å²) in [7, 11) is 0. The standard InChI is InChI=1S/C20H33N5O/c1-3-21-19(26)18-10-8-9-17(15-18)16-24-20(22-4-2)23-11-14-25-12-6-5-7-13-25/h8-10,15H,3-7,11-14,16H2,1-2H3,(H,21,26)(H2,22,23,24). The van der Waals surface area contributed by atoms with Gasteiger partial charge in [0.1, 0.15) is 0 Å². The predicted molar refractivity (Wildman–Crippen MR) is 108 cm³/mol. The Labute approximate surface area is 157 Å². The van der Waals surface area contributed by atoms with Crippen LogP contribution in [0.5, 0.6) is 0 Å². The summed E-state index contributed by atoms with van der Waals surface area (Å²) >= 11 is 0. The van der Waals surface area contributed by atoms with E-state index in [0.717, 1.165) is 31.2 Å². The van der Waals surface area contributed by atoms with E-state index in [1.54, 1.807) is 0 Å². The molecule has 0 radical (unpaired) electrons. The number of carbonyl (C=O) groups is 1. The zero-order chi connectivity index (χ0) is 18.6. The molecule has 2 rings (SSSR count). The Bertz CT molecular complexity index is 581. The molecule has 1 aliphatic rings. The van der Waals surface area contributed by atoms with Crippen molar-refractivity contribution in [3.63, 3.8) is 0 Å². The van der Waals surface area contributed by atoms with Gasteiger partial charge in [-0.3, -0.25) is 4.79 Å². The van der Waals surface area contributed by atoms with E-state index in [0.29, 0.717) is 18.7 Å². The first-order valence-electron chi connectivity index (χ1n) is 9.84. The Kier molecular flexibility index (Phi) is 8.96. The second kappa shape index (κ2) is 11.5. The third-order valence-corrected chi connectivity index (χ3v) is 4.46. The number of aliphatic imine (C=N–C) groups is 1. The Balaban J connectivity index is 1.87. The minimum Gasteiger partial charge on any atom is -0.357 e. The van der Waals surface area contributed by atoms with Crippen LogP contribution in [0.3, 0.4) is 0 Å². The van der Waals surface area contributed by atoms with Crippen molar-refractivity contribution in [2.45, 2.75) is 39.7 Å². The summed E-state index contributed by atoms with van der Waals surface area (Å²) < 4.78 is 0. The summed E-state index contributed by atoms with van der Waals surface area (Å²) in [5, 5.41) is 9.53. The third kappa shape index (κ3) is 7.04. The molecule has 6 nitrogen and oxygen atoms in total. The van der Waals surface area contributed by atoms with Gasteiger partial charge in [0.2, 0.25) is 0 Å². The molecule has 3 N–H and O–H groups in total. The van der Waals surface area contributed by atoms with Gasteiger partial charge in [0.05, 0.1) is 6.54 Å². The van der Waals surface area contributed by atoms with Gasteiger partial charge >= 0.3 is 0 Å². The van der Waals surface area contributed by atoms with Crippen LogP contribution in [-0.4, -0.2) is 56.0 Å². The van der Waals surface area contributed by atoms with Crippen molar-refractivity contribution in [3.05, 3.63) is 35.4 Å². The first-order valence-corrected chi connectivity index (χ1v) is 9.84. The number of nitrogens with one attached hydrogen (secondary N) is 3. The Morgan fingerprint density at radius 3 is 2.58 bits per heavy atom. The molecule has 1 fully saturated rings. The van der Waals surface area contributed by atoms with Gasteiger partial charge in [-0.2, -0.15) is 0 Å². The number of guanidine groups is 1. The molecule has 0 aromatic heterocycles. The first kappa shape index (κ1) is 20.2. The van der Waals surface area contributed by atoms with Gasteiger partial charge in [-0.15, -0.1) is 0 Å². The van der Waals surface area contributed by atoms with Gasteiger partial charge < -0.3 is 20.9 Å². The number of amides is 1. The lowest BCUT2D eigenvalue weighted by atomic mass is 10.1. The fraction of sp³-hybridized carbons (Fsp3) is 0.600. The molecule has 0 aliphatic carbocycles. The molecule has 1 heterocycles. The molecule has 26 heavy (non-hydrogen) atoms. The Morgan fingerprint density at radius 1 is 1.08 bits per heavy atom. The number of rotatable bonds is 8. The highest BCUT2D eigenvalue weighted by atomic mass is 16.1. The topological polar surface area (TPSA) is 68.8 Å². The minimum atomic E-state index is -0.0371. The van der Waals surface area contributed by atoms with Crippen molar-refractivity contribution in [1.82, 2.24) is 20.9 Å². The Morgan fingerprint density at radius 2 is 1.85 bits per heavy atom. The van der Waals surface area contributed by atoms with E-state index in [2.05, 4.69) is 32.8 Å². The number of likely N-dealkylation sites (tertiary alicyclic amines) is 1. The van der Waals surface area contributed by atoms with E-state index < -0.39 is 0 Å². The van der Waals surface area contributed by atoms with Crippen molar-refractivity contribution >= 4 is 11.9 Å². The maximum absolute atomic E-state index is 12.0. The summed E-state index contributed by atoms with van der Waals surface area (Å²) in [6.07, 6.45) is 4.00. The van der Waals surface area contributed by atoms with Gasteiger partial charge in [0, 0.05) is 31.7 Å². The van der Waals surface area contributed by atoms with Crippen molar-refractivity contribution in [2.24, 2.45) is 4.99 Å². The molecule has 0 spiro atoms. The summed E-state index contributed by atoms with van der Waals surface area (Å²) in [6, 6.07) is 7.65. The average Bonchev–Trinajstić information content (AvgIpc) is 2.67. The third-order valence-electron chi connectivity index (χ3n) is 4.46. The SMILES string of the molecule is CCNC(=O)c1cccc(CN=C(NCC)NCCN2CCCCC2)c1. The van der Waals surface area contributed by atoms with Crippen LogP contribution in [0.4, 0.5) is 0 Å². The van der Waals surface area contributed by atoms with Gasteiger partial charge in [0.25, 0.3) is 5.91 Å². The normalized spacial score (nSPS) is 15.5. The quantitative estimate of drug-likeness (QED) is 0.490. The number of benzene rings is 1. The highest BCUT2D eigenvalue weighted by Gasteiger charge is 2.09. The molecule has 144 valence electrons. The van der Waals surface area contributed by atoms with Crippen molar-refractivity contribution in [3.8, 4) is 0 Å². The maximum Gasteiger partial charge on any atom is 0.251 e. The smallest absolute Gasteiger partial charge is 0.251 e. The molecule has 1 aliphatic heterocycles. The minimum absolute atomic E-state index is 0.0371. The highest BCUT2D eigenvalue weighted by molar-refractivity contribution is 5.94. The van der Waals surface area contributed by atoms with Gasteiger partial charge in [-0.1, -0.05) is 18.6 Å². The monoisotopic (exact) mass is 359 g/mol. The van der Waals surface area contributed by atoms with Crippen molar-refractivity contribution in [1.29, 1.82) is 0 Å². The molecule has 1 saturated heterocycles. The summed E-state index contributed by atoms with van der Waals surface area (Å²) in [5.41, 5.74) is 1.71. The van der Waals surface area contributed by atoms with E-state index in [9.17, 15) is 4.79 Å². The van der Waals surface area contributed by atoms with E-state index in [-0.39, 0.29) is 5.91 Å². The van der Waals surface area contributed by atoms with Crippen molar-refractivity contribution in [2.75, 3.05) is 39.3 Å². The number of hydrogen-bond donors (Lipinski definition) is 3. The molecule has 1 aromatic rings. The van der Waals surface area contributed by atoms with Crippen LogP contribution in [0.2, 0.25) is 0 Å². The summed E-state index contributed by atoms with van der Waals surface area (Å²) in [4.78, 5) is 19.1. The molecule has 0 saturated carbocycles. The largest absolute Gasteiger partial charge is 0.357 e. The van der Waals surface area contributed by atoms with Crippen LogP contribution in [0.15, 0.2) is 29.3 Å². The van der Waals surface area contributed by atoms with Gasteiger partial charge in [-0.25, -0.2) is 4.99 Å². The number of carbonyl (C=O) groups excluding carboxylic acids is 1. The molecule has 0 bridgehead atoms. The lowest BCUT2D eigenvalue weighted by molar-refractivity contribution is 0.0955. The lowest BCUT2D eigenvalue weighted by Gasteiger charge is -2.26. The first-order chi connectivity index (χ1) is 12.7. The fourth-order valence-electron chi connectivity index (χ4n) is 3.10. The second-order valence-electron chi connectivity index (χ2n) is 6.58. The molecule has 6 heteroatoms. The zero-order valence-electron chi connectivity index (χ0n) is 16.2. The average molecular weight is 360 g/mol. The summed E-state index contributed by atoms with van der Waals surface area (Å²) in [6.45, 7) is 10.4. The fourth-order valence-corrected chi connectivity index (χ4v) is 3.10. The number of piperidine rings is 1. The molecular weight excluding hydrogens is 326 g/mol. The second-order valence-corrected chi connectivity index (χ2v) is 6.58. The summed E-state index contributed by atoms with van der Waals surface area (Å²) in [5.74, 6) is 0.790. The lowest BCUT2D eigenvalue weighted by Crippen LogP contribution is -2.42. The van der Waals surface area contributed by atoms with Crippen LogP contribution in [-0.2, 0) is 6.54 Å². The van der Waals surface area contributed by atoms with Gasteiger partial charge in [0.15, 0.2) is 5.96 Å². The maximum atomic E-state index is 12.0. The van der Waals surface area contributed by atoms with E-state index in [1.807, 2.05) is 31.2 Å². The van der Waals surface area contributed by atoms with Crippen molar-refractivity contribution < 1.29 is 4.79 Å². The number of nitrogens with zero attached hydrogens (tertiary/aromatic N) is 2. The zero-order valence-corrected chi connectivity index (χ0v) is 16.2. The van der Waals surface area contributed by atoms with Crippen LogP contribution in [0.1, 0.15) is 49.0 Å². The highest BCUT2D eigenvalue weighted by Crippen LogP contribution is 2.08. The van der Waals surface area contributed by atoms with Crippen LogP contribution >= 0.6 is 0 Å². The van der Waals surface area contributed by atoms with E-state index >= 15 is 0 Å². The van der Waals surface area contributed by atoms with Gasteiger partial charge in [-0.05, 0) is 57.5 Å². The molecule has 1 aromatic carbocycles. The molecule has 1 amide bonds. The molecule has 0 unspecified atom stereocenters. The van der Waals surface area contributed by atoms with E-state index in [1.165, 1.54) is 32.4 Å². The van der Waals surface area contributed by atoms with Crippen LogP contribution in [0, 0.1) is 0 Å². The molecular formula is C20H33N5O.